The van der Waals surface area contributed by atoms with Crippen molar-refractivity contribution < 1.29 is 0 Å². The Morgan fingerprint density at radius 1 is 1.23 bits per heavy atom. The molecule has 13 heavy (non-hydrogen) atoms. The van der Waals surface area contributed by atoms with Gasteiger partial charge in [0.05, 0.1) is 0 Å². The smallest absolute Gasteiger partial charge is 0.00982 e. The van der Waals surface area contributed by atoms with Crippen LogP contribution in [0.5, 0.6) is 0 Å². The van der Waals surface area contributed by atoms with Crippen LogP contribution in [0.25, 0.3) is 0 Å². The number of fused-ring (bicyclic) bond motifs is 3. The highest BCUT2D eigenvalue weighted by atomic mass is 15.2. The van der Waals surface area contributed by atoms with Gasteiger partial charge in [-0.25, -0.2) is 0 Å². The maximum atomic E-state index is 5.25. The van der Waals surface area contributed by atoms with Crippen molar-refractivity contribution >= 4 is 0 Å². The molecular formula is C12H19N. The third-order valence-electron chi connectivity index (χ3n) is 3.59. The topological polar surface area (TPSA) is 3.24 Å². The molecule has 0 spiro atoms. The number of rotatable bonds is 3. The molecule has 1 heteroatoms. The van der Waals surface area contributed by atoms with Gasteiger partial charge >= 0.3 is 0 Å². The van der Waals surface area contributed by atoms with Gasteiger partial charge in [0.1, 0.15) is 0 Å². The SMILES string of the molecule is C#CCCCN1CC2CCC1CC2. The predicted molar refractivity (Wildman–Crippen MR) is 55.4 cm³/mol. The van der Waals surface area contributed by atoms with Gasteiger partial charge in [0.15, 0.2) is 0 Å². The van der Waals surface area contributed by atoms with E-state index < -0.39 is 0 Å². The van der Waals surface area contributed by atoms with Gasteiger partial charge < -0.3 is 4.90 Å². The minimum atomic E-state index is 0.905. The average Bonchev–Trinajstić information content (AvgIpc) is 2.20. The molecule has 0 unspecified atom stereocenters. The summed E-state index contributed by atoms with van der Waals surface area (Å²) in [4.78, 5) is 2.68. The first kappa shape index (κ1) is 9.09. The van der Waals surface area contributed by atoms with E-state index in [4.69, 9.17) is 6.42 Å². The van der Waals surface area contributed by atoms with Gasteiger partial charge in [-0.1, -0.05) is 0 Å². The highest BCUT2D eigenvalue weighted by Crippen LogP contribution is 2.34. The number of terminal acetylenes is 1. The van der Waals surface area contributed by atoms with Crippen molar-refractivity contribution in [2.45, 2.75) is 44.6 Å². The summed E-state index contributed by atoms with van der Waals surface area (Å²) >= 11 is 0. The van der Waals surface area contributed by atoms with E-state index in [-0.39, 0.29) is 0 Å². The van der Waals surface area contributed by atoms with E-state index in [2.05, 4.69) is 10.8 Å². The second-order valence-electron chi connectivity index (χ2n) is 4.48. The van der Waals surface area contributed by atoms with Crippen LogP contribution >= 0.6 is 0 Å². The van der Waals surface area contributed by atoms with Gasteiger partial charge in [-0.2, -0.15) is 0 Å². The Labute approximate surface area is 81.5 Å². The molecule has 3 rings (SSSR count). The summed E-state index contributed by atoms with van der Waals surface area (Å²) in [5.41, 5.74) is 0. The van der Waals surface area contributed by atoms with Crippen molar-refractivity contribution in [1.82, 2.24) is 4.90 Å². The highest BCUT2D eigenvalue weighted by molar-refractivity contribution is 4.89. The minimum absolute atomic E-state index is 0.905. The minimum Gasteiger partial charge on any atom is -0.300 e. The Morgan fingerprint density at radius 2 is 2.00 bits per heavy atom. The Hall–Kier alpha value is -0.480. The fourth-order valence-corrected chi connectivity index (χ4v) is 2.83. The highest BCUT2D eigenvalue weighted by Gasteiger charge is 2.32. The summed E-state index contributed by atoms with van der Waals surface area (Å²) in [5.74, 6) is 3.73. The van der Waals surface area contributed by atoms with E-state index in [0.717, 1.165) is 18.4 Å². The van der Waals surface area contributed by atoms with Gasteiger partial charge in [0, 0.05) is 19.0 Å². The first-order valence-electron chi connectivity index (χ1n) is 5.57. The molecule has 1 nitrogen and oxygen atoms in total. The molecule has 72 valence electrons. The zero-order valence-electron chi connectivity index (χ0n) is 8.34. The Morgan fingerprint density at radius 3 is 2.54 bits per heavy atom. The van der Waals surface area contributed by atoms with Gasteiger partial charge in [-0.3, -0.25) is 0 Å². The van der Waals surface area contributed by atoms with Gasteiger partial charge in [0.2, 0.25) is 0 Å². The van der Waals surface area contributed by atoms with Crippen LogP contribution in [0.4, 0.5) is 0 Å². The van der Waals surface area contributed by atoms with Gasteiger partial charge in [-0.05, 0) is 44.6 Å². The predicted octanol–water partition coefficient (Wildman–Crippen LogP) is 2.27. The molecule has 0 aromatic rings. The second kappa shape index (κ2) is 4.15. The molecule has 3 aliphatic rings. The van der Waals surface area contributed by atoms with Crippen LogP contribution in [0, 0.1) is 18.3 Å². The molecule has 0 aromatic heterocycles. The summed E-state index contributed by atoms with van der Waals surface area (Å²) in [6.07, 6.45) is 13.3. The number of unbranched alkanes of at least 4 members (excludes halogenated alkanes) is 1. The number of hydrogen-bond acceptors (Lipinski definition) is 1. The van der Waals surface area contributed by atoms with E-state index in [9.17, 15) is 0 Å². The van der Waals surface area contributed by atoms with Gasteiger partial charge in [-0.15, -0.1) is 12.3 Å². The Kier molecular flexibility index (Phi) is 2.90. The van der Waals surface area contributed by atoms with Crippen molar-refractivity contribution in [3.05, 3.63) is 0 Å². The van der Waals surface area contributed by atoms with Crippen molar-refractivity contribution in [2.75, 3.05) is 13.1 Å². The quantitative estimate of drug-likeness (QED) is 0.472. The van der Waals surface area contributed by atoms with Crippen LogP contribution in [-0.2, 0) is 0 Å². The van der Waals surface area contributed by atoms with Crippen LogP contribution < -0.4 is 0 Å². The van der Waals surface area contributed by atoms with Crippen LogP contribution in [0.15, 0.2) is 0 Å². The number of piperidine rings is 2. The van der Waals surface area contributed by atoms with Gasteiger partial charge in [0.25, 0.3) is 0 Å². The number of nitrogens with zero attached hydrogens (tertiary/aromatic N) is 1. The fraction of sp³-hybridized carbons (Fsp3) is 0.833. The van der Waals surface area contributed by atoms with Crippen LogP contribution in [0.3, 0.4) is 0 Å². The molecule has 0 N–H and O–H groups in total. The lowest BCUT2D eigenvalue weighted by molar-refractivity contribution is 0.0486. The molecule has 0 radical (unpaired) electrons. The van der Waals surface area contributed by atoms with E-state index in [1.54, 1.807) is 0 Å². The zero-order valence-corrected chi connectivity index (χ0v) is 8.34. The molecule has 2 bridgehead atoms. The largest absolute Gasteiger partial charge is 0.300 e. The van der Waals surface area contributed by atoms with Crippen LogP contribution in [0.2, 0.25) is 0 Å². The van der Waals surface area contributed by atoms with Crippen molar-refractivity contribution in [3.63, 3.8) is 0 Å². The standard InChI is InChI=1S/C12H19N/c1-2-3-4-9-13-10-11-5-7-12(13)8-6-11/h1,11-12H,3-10H2. The third kappa shape index (κ3) is 2.06. The van der Waals surface area contributed by atoms with E-state index >= 15 is 0 Å². The maximum absolute atomic E-state index is 5.25. The summed E-state index contributed by atoms with van der Waals surface area (Å²) in [7, 11) is 0. The third-order valence-corrected chi connectivity index (χ3v) is 3.59. The van der Waals surface area contributed by atoms with Crippen LogP contribution in [-0.4, -0.2) is 24.0 Å². The van der Waals surface area contributed by atoms with Crippen LogP contribution in [0.1, 0.15) is 38.5 Å². The van der Waals surface area contributed by atoms with Crippen molar-refractivity contribution in [1.29, 1.82) is 0 Å². The summed E-state index contributed by atoms with van der Waals surface area (Å²) in [5, 5.41) is 0. The van der Waals surface area contributed by atoms with E-state index in [1.807, 2.05) is 0 Å². The molecule has 0 amide bonds. The molecule has 2 aliphatic heterocycles. The lowest BCUT2D eigenvalue weighted by atomic mass is 9.80. The molecule has 1 saturated carbocycles. The van der Waals surface area contributed by atoms with Crippen molar-refractivity contribution in [2.24, 2.45) is 5.92 Å². The molecule has 0 atom stereocenters. The first-order chi connectivity index (χ1) is 6.40. The normalized spacial score (nSPS) is 33.2. The second-order valence-corrected chi connectivity index (χ2v) is 4.48. The first-order valence-corrected chi connectivity index (χ1v) is 5.57. The Bertz CT molecular complexity index is 196. The monoisotopic (exact) mass is 177 g/mol. The van der Waals surface area contributed by atoms with Crippen molar-refractivity contribution in [3.8, 4) is 12.3 Å². The molecule has 2 heterocycles. The number of hydrogen-bond donors (Lipinski definition) is 0. The maximum Gasteiger partial charge on any atom is 0.00982 e. The lowest BCUT2D eigenvalue weighted by Crippen LogP contribution is -2.48. The molecule has 3 fully saturated rings. The average molecular weight is 177 g/mol. The Balaban J connectivity index is 1.77. The summed E-state index contributed by atoms with van der Waals surface area (Å²) in [6.45, 7) is 2.60. The molecule has 1 aliphatic carbocycles. The summed E-state index contributed by atoms with van der Waals surface area (Å²) < 4.78 is 0. The summed E-state index contributed by atoms with van der Waals surface area (Å²) in [6, 6.07) is 0.905. The van der Waals surface area contributed by atoms with E-state index in [1.165, 1.54) is 45.2 Å². The molecule has 2 saturated heterocycles. The van der Waals surface area contributed by atoms with E-state index in [0.29, 0.717) is 0 Å². The lowest BCUT2D eigenvalue weighted by Gasteiger charge is -2.45. The molecular weight excluding hydrogens is 158 g/mol. The zero-order chi connectivity index (χ0) is 9.10. The fourth-order valence-electron chi connectivity index (χ4n) is 2.83. The molecule has 0 aromatic carbocycles.